The molecule has 17 heteroatoms. The molecule has 15 nitrogen and oxygen atoms in total. The van der Waals surface area contributed by atoms with Gasteiger partial charge in [-0.2, -0.15) is 10.1 Å². The van der Waals surface area contributed by atoms with Crippen LogP contribution in [0.5, 0.6) is 5.75 Å². The van der Waals surface area contributed by atoms with Gasteiger partial charge in [-0.3, -0.25) is 24.6 Å². The molecule has 0 radical (unpaired) electrons. The van der Waals surface area contributed by atoms with Gasteiger partial charge in [0.15, 0.2) is 5.82 Å². The molecule has 0 unspecified atom stereocenters. The summed E-state index contributed by atoms with van der Waals surface area (Å²) in [6.45, 7) is 9.47. The van der Waals surface area contributed by atoms with E-state index in [1.54, 1.807) is 36.2 Å². The van der Waals surface area contributed by atoms with Gasteiger partial charge in [0, 0.05) is 111 Å². The van der Waals surface area contributed by atoms with Gasteiger partial charge in [-0.15, -0.1) is 0 Å². The van der Waals surface area contributed by atoms with Crippen LogP contribution in [0.15, 0.2) is 104 Å². The zero-order chi connectivity index (χ0) is 45.2. The quantitative estimate of drug-likeness (QED) is 0.102. The van der Waals surface area contributed by atoms with Crippen molar-refractivity contribution in [2.75, 3.05) is 91.6 Å². The van der Waals surface area contributed by atoms with Crippen LogP contribution in [0.1, 0.15) is 19.3 Å². The first kappa shape index (κ1) is 43.8. The maximum Gasteiger partial charge on any atom is 0.328 e. The van der Waals surface area contributed by atoms with Crippen LogP contribution in [-0.4, -0.2) is 109 Å². The fourth-order valence-corrected chi connectivity index (χ4v) is 10.3. The van der Waals surface area contributed by atoms with Crippen molar-refractivity contribution >= 4 is 76.2 Å². The Morgan fingerprint density at radius 1 is 0.785 bits per heavy atom. The SMILES string of the molecule is COc1cc(N2CCC(N3CCN(c4ccc(N5CCC(=O)NC5=O)cc4)CC3)CC2)c(-c2cnn(C)c2)cc1Nc1ncc(Cl)c(Nc2ccc(-c3ccccc3)cc2P(C)(C)=O)n1. The first-order chi connectivity index (χ1) is 31.4. The van der Waals surface area contributed by atoms with Crippen molar-refractivity contribution in [3.63, 3.8) is 0 Å². The number of ether oxygens (including phenoxy) is 1. The van der Waals surface area contributed by atoms with Crippen molar-refractivity contribution in [2.24, 2.45) is 7.05 Å². The molecule has 3 fully saturated rings. The Morgan fingerprint density at radius 3 is 2.20 bits per heavy atom. The highest BCUT2D eigenvalue weighted by atomic mass is 35.5. The molecule has 0 spiro atoms. The first-order valence-corrected chi connectivity index (χ1v) is 24.9. The first-order valence-electron chi connectivity index (χ1n) is 21.9. The van der Waals surface area contributed by atoms with Crippen LogP contribution < -0.4 is 40.7 Å². The standard InChI is InChI=1S/C48H53ClN11O4P/c1-56-31-34(29-51-56)38-27-41(53-47-50-30-39(49)46(55-47)52-40-15-10-33(26-44(40)65(3,4)63)32-8-6-5-7-9-32)43(64-2)28-42(38)59-19-16-36(17-20-59)58-24-22-57(23-25-58)35-11-13-37(14-12-35)60-21-18-45(61)54-48(60)62/h5-15,26-31,36H,16-25H2,1-4H3,(H,54,61,62)(H2,50,52,53,55). The maximum absolute atomic E-state index is 13.6. The predicted molar refractivity (Wildman–Crippen MR) is 261 cm³/mol. The number of imide groups is 1. The number of nitrogens with zero attached hydrogens (tertiary/aromatic N) is 8. The van der Waals surface area contributed by atoms with Crippen LogP contribution in [0.2, 0.25) is 5.02 Å². The summed E-state index contributed by atoms with van der Waals surface area (Å²) in [5.74, 6) is 1.08. The molecule has 5 heterocycles. The van der Waals surface area contributed by atoms with E-state index < -0.39 is 7.14 Å². The number of halogens is 1. The molecule has 3 N–H and O–H groups in total. The fraction of sp³-hybridized carbons (Fsp3) is 0.312. The molecular formula is C48H53ClN11O4P. The summed E-state index contributed by atoms with van der Waals surface area (Å²) < 4.78 is 21.4. The van der Waals surface area contributed by atoms with E-state index in [1.165, 1.54) is 0 Å². The Balaban J connectivity index is 0.886. The number of anilines is 7. The second-order valence-electron chi connectivity index (χ2n) is 17.1. The van der Waals surface area contributed by atoms with Crippen molar-refractivity contribution in [2.45, 2.75) is 25.3 Å². The van der Waals surface area contributed by atoms with Crippen molar-refractivity contribution < 1.29 is 18.9 Å². The molecule has 3 aliphatic rings. The van der Waals surface area contributed by atoms with E-state index in [0.29, 0.717) is 58.2 Å². The Kier molecular flexibility index (Phi) is 12.5. The van der Waals surface area contributed by atoms with Gasteiger partial charge >= 0.3 is 6.03 Å². The number of benzene rings is 4. The van der Waals surface area contributed by atoms with Gasteiger partial charge in [-0.25, -0.2) is 9.78 Å². The van der Waals surface area contributed by atoms with Crippen LogP contribution in [0.4, 0.5) is 45.0 Å². The van der Waals surface area contributed by atoms with E-state index in [9.17, 15) is 14.2 Å². The average Bonchev–Trinajstić information content (AvgIpc) is 3.76. The zero-order valence-electron chi connectivity index (χ0n) is 37.0. The van der Waals surface area contributed by atoms with Crippen LogP contribution in [-0.2, 0) is 16.4 Å². The number of carbonyl (C=O) groups is 2. The van der Waals surface area contributed by atoms with Gasteiger partial charge in [0.25, 0.3) is 0 Å². The lowest BCUT2D eigenvalue weighted by molar-refractivity contribution is -0.120. The number of methoxy groups -OCH3 is 1. The van der Waals surface area contributed by atoms with E-state index >= 15 is 0 Å². The number of piperazine rings is 1. The van der Waals surface area contributed by atoms with E-state index in [4.69, 9.17) is 21.3 Å². The number of piperidine rings is 1. The molecule has 3 amide bonds. The molecule has 0 bridgehead atoms. The number of amides is 3. The molecule has 9 rings (SSSR count). The molecule has 0 atom stereocenters. The second-order valence-corrected chi connectivity index (χ2v) is 20.7. The molecule has 336 valence electrons. The highest BCUT2D eigenvalue weighted by Crippen LogP contribution is 2.43. The largest absolute Gasteiger partial charge is 0.494 e. The van der Waals surface area contributed by atoms with E-state index in [2.05, 4.69) is 65.0 Å². The van der Waals surface area contributed by atoms with E-state index in [0.717, 1.165) is 91.4 Å². The third-order valence-electron chi connectivity index (χ3n) is 12.5. The monoisotopic (exact) mass is 913 g/mol. The minimum absolute atomic E-state index is 0.232. The molecule has 4 aromatic carbocycles. The number of hydrogen-bond acceptors (Lipinski definition) is 12. The molecule has 3 saturated heterocycles. The number of rotatable bonds is 12. The summed E-state index contributed by atoms with van der Waals surface area (Å²) in [4.78, 5) is 42.4. The zero-order valence-corrected chi connectivity index (χ0v) is 38.6. The lowest BCUT2D eigenvalue weighted by Gasteiger charge is -2.44. The van der Waals surface area contributed by atoms with E-state index in [1.807, 2.05) is 80.1 Å². The lowest BCUT2D eigenvalue weighted by atomic mass is 9.98. The summed E-state index contributed by atoms with van der Waals surface area (Å²) in [6, 6.07) is 28.2. The molecular weight excluding hydrogens is 861 g/mol. The third kappa shape index (κ3) is 9.68. The van der Waals surface area contributed by atoms with Crippen LogP contribution >= 0.6 is 18.7 Å². The summed E-state index contributed by atoms with van der Waals surface area (Å²) in [7, 11) is 0.850. The van der Waals surface area contributed by atoms with Gasteiger partial charge in [-0.05, 0) is 79.8 Å². The maximum atomic E-state index is 13.6. The molecule has 2 aromatic heterocycles. The Hall–Kier alpha value is -6.41. The summed E-state index contributed by atoms with van der Waals surface area (Å²) in [5, 5.41) is 14.7. The number of hydrogen-bond donors (Lipinski definition) is 3. The molecule has 0 saturated carbocycles. The van der Waals surface area contributed by atoms with Gasteiger partial charge in [0.05, 0.1) is 30.9 Å². The Morgan fingerprint density at radius 2 is 1.52 bits per heavy atom. The highest BCUT2D eigenvalue weighted by Gasteiger charge is 2.30. The topological polar surface area (TPSA) is 153 Å². The van der Waals surface area contributed by atoms with Crippen molar-refractivity contribution in [3.05, 3.63) is 109 Å². The third-order valence-corrected chi connectivity index (χ3v) is 14.3. The van der Waals surface area contributed by atoms with Gasteiger partial charge in [0.2, 0.25) is 11.9 Å². The Labute approximate surface area is 384 Å². The average molecular weight is 914 g/mol. The van der Waals surface area contributed by atoms with Gasteiger partial charge in [0.1, 0.15) is 17.9 Å². The normalized spacial score (nSPS) is 16.4. The number of nitrogens with one attached hydrogen (secondary N) is 3. The summed E-state index contributed by atoms with van der Waals surface area (Å²) in [5.41, 5.74) is 8.32. The van der Waals surface area contributed by atoms with Crippen molar-refractivity contribution in [1.29, 1.82) is 0 Å². The minimum Gasteiger partial charge on any atom is -0.494 e. The summed E-state index contributed by atoms with van der Waals surface area (Å²) >= 11 is 6.69. The smallest absolute Gasteiger partial charge is 0.328 e. The van der Waals surface area contributed by atoms with Crippen LogP contribution in [0.3, 0.4) is 0 Å². The lowest BCUT2D eigenvalue weighted by Crippen LogP contribution is -2.53. The van der Waals surface area contributed by atoms with Crippen molar-refractivity contribution in [3.8, 4) is 28.0 Å². The highest BCUT2D eigenvalue weighted by molar-refractivity contribution is 7.70. The number of urea groups is 1. The van der Waals surface area contributed by atoms with Gasteiger partial charge < -0.3 is 29.7 Å². The molecule has 6 aromatic rings. The van der Waals surface area contributed by atoms with E-state index in [-0.39, 0.29) is 11.9 Å². The summed E-state index contributed by atoms with van der Waals surface area (Å²) in [6.07, 6.45) is 7.80. The van der Waals surface area contributed by atoms with Gasteiger partial charge in [-0.1, -0.05) is 48.0 Å². The molecule has 65 heavy (non-hydrogen) atoms. The number of aromatic nitrogens is 4. The van der Waals surface area contributed by atoms with Crippen molar-refractivity contribution in [1.82, 2.24) is 30.0 Å². The van der Waals surface area contributed by atoms with Crippen LogP contribution in [0.25, 0.3) is 22.3 Å². The molecule has 0 aliphatic carbocycles. The number of aryl methyl sites for hydroxylation is 1. The minimum atomic E-state index is -2.73. The fourth-order valence-electron chi connectivity index (χ4n) is 9.02. The molecule has 3 aliphatic heterocycles. The number of carbonyl (C=O) groups excluding carboxylic acids is 2. The van der Waals surface area contributed by atoms with Crippen LogP contribution in [0, 0.1) is 0 Å². The second kappa shape index (κ2) is 18.6. The Bertz CT molecular complexity index is 2750. The predicted octanol–water partition coefficient (Wildman–Crippen LogP) is 8.18.